The maximum atomic E-state index is 13.6. The number of carbonyl (C=O) groups excluding carboxylic acids is 1. The van der Waals surface area contributed by atoms with Crippen molar-refractivity contribution >= 4 is 17.5 Å². The molecule has 0 spiro atoms. The van der Waals surface area contributed by atoms with E-state index < -0.39 is 0 Å². The Kier molecular flexibility index (Phi) is 5.41. The predicted octanol–water partition coefficient (Wildman–Crippen LogP) is 3.33. The van der Waals surface area contributed by atoms with E-state index in [1.807, 2.05) is 19.2 Å². The molecule has 0 unspecified atom stereocenters. The number of fused-ring (bicyclic) bond motifs is 1. The van der Waals surface area contributed by atoms with Crippen molar-refractivity contribution < 1.29 is 9.18 Å². The summed E-state index contributed by atoms with van der Waals surface area (Å²) >= 11 is 0. The molecular formula is C23H23FN4O. The van der Waals surface area contributed by atoms with E-state index >= 15 is 0 Å². The van der Waals surface area contributed by atoms with Gasteiger partial charge >= 0.3 is 0 Å². The van der Waals surface area contributed by atoms with E-state index in [0.29, 0.717) is 17.7 Å². The Morgan fingerprint density at radius 1 is 1.21 bits per heavy atom. The molecule has 1 aromatic carbocycles. The quantitative estimate of drug-likeness (QED) is 0.801. The molecule has 0 saturated carbocycles. The number of aromatic nitrogens is 1. The van der Waals surface area contributed by atoms with E-state index in [1.165, 1.54) is 18.2 Å². The summed E-state index contributed by atoms with van der Waals surface area (Å²) in [5, 5.41) is 9.29. The van der Waals surface area contributed by atoms with E-state index in [2.05, 4.69) is 26.9 Å². The second-order valence-electron chi connectivity index (χ2n) is 7.55. The number of benzene rings is 1. The second kappa shape index (κ2) is 8.14. The summed E-state index contributed by atoms with van der Waals surface area (Å²) in [5.74, 6) is -0.132. The lowest BCUT2D eigenvalue weighted by molar-refractivity contribution is -0.115. The molecule has 148 valence electrons. The lowest BCUT2D eigenvalue weighted by atomic mass is 9.92. The summed E-state index contributed by atoms with van der Waals surface area (Å²) in [6.07, 6.45) is 4.98. The van der Waals surface area contributed by atoms with Crippen LogP contribution in [0.5, 0.6) is 0 Å². The number of nitrogens with zero attached hydrogens (tertiary/aromatic N) is 4. The van der Waals surface area contributed by atoms with Gasteiger partial charge in [-0.2, -0.15) is 5.26 Å². The molecule has 0 radical (unpaired) electrons. The molecule has 0 amide bonds. The first-order valence-electron chi connectivity index (χ1n) is 9.96. The molecule has 2 aliphatic rings. The molecular weight excluding hydrogens is 367 g/mol. The Morgan fingerprint density at radius 2 is 2.00 bits per heavy atom. The molecule has 0 bridgehead atoms. The Bertz CT molecular complexity index is 1020. The third kappa shape index (κ3) is 4.06. The molecule has 1 aliphatic heterocycles. The first-order valence-corrected chi connectivity index (χ1v) is 9.96. The van der Waals surface area contributed by atoms with Crippen LogP contribution in [0.25, 0.3) is 6.08 Å². The molecule has 0 atom stereocenters. The number of piperazine rings is 1. The van der Waals surface area contributed by atoms with E-state index in [4.69, 9.17) is 0 Å². The summed E-state index contributed by atoms with van der Waals surface area (Å²) in [5.41, 5.74) is 5.03. The minimum atomic E-state index is -0.323. The van der Waals surface area contributed by atoms with Gasteiger partial charge in [-0.05, 0) is 47.4 Å². The minimum absolute atomic E-state index is 0.191. The van der Waals surface area contributed by atoms with E-state index in [1.54, 1.807) is 0 Å². The molecule has 0 N–H and O–H groups in total. The van der Waals surface area contributed by atoms with Crippen LogP contribution in [0.2, 0.25) is 0 Å². The SMILES string of the molecule is CCC1=Cc2ncc(CN3CCN(c4cc(F)ccc4C#N)CC3)cc2CC1=O. The molecule has 5 nitrogen and oxygen atoms in total. The largest absolute Gasteiger partial charge is 0.368 e. The van der Waals surface area contributed by atoms with Crippen LogP contribution in [0.1, 0.15) is 35.7 Å². The van der Waals surface area contributed by atoms with Gasteiger partial charge in [0.25, 0.3) is 0 Å². The van der Waals surface area contributed by atoms with Gasteiger partial charge < -0.3 is 4.90 Å². The minimum Gasteiger partial charge on any atom is -0.368 e. The van der Waals surface area contributed by atoms with Gasteiger partial charge in [0.1, 0.15) is 11.9 Å². The lowest BCUT2D eigenvalue weighted by Gasteiger charge is -2.36. The Balaban J connectivity index is 1.42. The van der Waals surface area contributed by atoms with Gasteiger partial charge in [0.05, 0.1) is 16.9 Å². The maximum absolute atomic E-state index is 13.6. The maximum Gasteiger partial charge on any atom is 0.163 e. The summed E-state index contributed by atoms with van der Waals surface area (Å²) in [6.45, 7) is 5.86. The van der Waals surface area contributed by atoms with Crippen LogP contribution in [0.15, 0.2) is 36.0 Å². The van der Waals surface area contributed by atoms with Crippen molar-refractivity contribution in [2.75, 3.05) is 31.1 Å². The fraction of sp³-hybridized carbons (Fsp3) is 0.348. The highest BCUT2D eigenvalue weighted by Crippen LogP contribution is 2.25. The number of hydrogen-bond donors (Lipinski definition) is 0. The number of rotatable bonds is 4. The van der Waals surface area contributed by atoms with Crippen molar-refractivity contribution in [1.29, 1.82) is 5.26 Å². The molecule has 4 rings (SSSR count). The topological polar surface area (TPSA) is 60.2 Å². The van der Waals surface area contributed by atoms with E-state index in [-0.39, 0.29) is 11.6 Å². The van der Waals surface area contributed by atoms with Crippen molar-refractivity contribution in [2.45, 2.75) is 26.3 Å². The van der Waals surface area contributed by atoms with Crippen molar-refractivity contribution in [1.82, 2.24) is 9.88 Å². The first-order chi connectivity index (χ1) is 14.1. The number of ketones is 1. The average Bonchev–Trinajstić information content (AvgIpc) is 2.73. The van der Waals surface area contributed by atoms with Gasteiger partial charge in [0.15, 0.2) is 5.78 Å². The number of halogens is 1. The normalized spacial score (nSPS) is 16.9. The highest BCUT2D eigenvalue weighted by Gasteiger charge is 2.22. The van der Waals surface area contributed by atoms with Crippen molar-refractivity contribution in [2.24, 2.45) is 0 Å². The van der Waals surface area contributed by atoms with Gasteiger partial charge in [0, 0.05) is 45.3 Å². The van der Waals surface area contributed by atoms with Crippen LogP contribution >= 0.6 is 0 Å². The van der Waals surface area contributed by atoms with Gasteiger partial charge in [0.2, 0.25) is 0 Å². The second-order valence-corrected chi connectivity index (χ2v) is 7.55. The Hall–Kier alpha value is -3.04. The fourth-order valence-electron chi connectivity index (χ4n) is 4.03. The van der Waals surface area contributed by atoms with Crippen LogP contribution in [0.3, 0.4) is 0 Å². The summed E-state index contributed by atoms with van der Waals surface area (Å²) in [7, 11) is 0. The van der Waals surface area contributed by atoms with Crippen molar-refractivity contribution in [3.8, 4) is 6.07 Å². The molecule has 2 aromatic rings. The first kappa shape index (κ1) is 19.3. The molecule has 1 saturated heterocycles. The predicted molar refractivity (Wildman–Crippen MR) is 110 cm³/mol. The zero-order chi connectivity index (χ0) is 20.4. The zero-order valence-corrected chi connectivity index (χ0v) is 16.5. The molecule has 1 aromatic heterocycles. The van der Waals surface area contributed by atoms with Crippen LogP contribution < -0.4 is 4.90 Å². The van der Waals surface area contributed by atoms with Crippen LogP contribution in [-0.4, -0.2) is 41.8 Å². The van der Waals surface area contributed by atoms with Crippen molar-refractivity contribution in [3.63, 3.8) is 0 Å². The molecule has 1 aliphatic carbocycles. The monoisotopic (exact) mass is 390 g/mol. The number of carbonyl (C=O) groups is 1. The number of nitriles is 1. The number of pyridine rings is 1. The smallest absolute Gasteiger partial charge is 0.163 e. The van der Waals surface area contributed by atoms with Gasteiger partial charge in [-0.25, -0.2) is 4.39 Å². The highest BCUT2D eigenvalue weighted by atomic mass is 19.1. The molecule has 2 heterocycles. The van der Waals surface area contributed by atoms with Gasteiger partial charge in [-0.3, -0.25) is 14.7 Å². The third-order valence-electron chi connectivity index (χ3n) is 5.66. The van der Waals surface area contributed by atoms with Crippen LogP contribution in [-0.2, 0) is 17.8 Å². The van der Waals surface area contributed by atoms with Crippen LogP contribution in [0, 0.1) is 17.1 Å². The summed E-state index contributed by atoms with van der Waals surface area (Å²) in [4.78, 5) is 21.1. The Morgan fingerprint density at radius 3 is 2.72 bits per heavy atom. The highest BCUT2D eigenvalue weighted by molar-refractivity contribution is 6.03. The number of anilines is 1. The van der Waals surface area contributed by atoms with Gasteiger partial charge in [-0.15, -0.1) is 0 Å². The van der Waals surface area contributed by atoms with E-state index in [9.17, 15) is 14.4 Å². The average molecular weight is 390 g/mol. The fourth-order valence-corrected chi connectivity index (χ4v) is 4.03. The Labute approximate surface area is 170 Å². The van der Waals surface area contributed by atoms with Crippen molar-refractivity contribution in [3.05, 3.63) is 64.2 Å². The number of allylic oxidation sites excluding steroid dienone is 1. The van der Waals surface area contributed by atoms with Crippen LogP contribution in [0.4, 0.5) is 10.1 Å². The number of hydrogen-bond acceptors (Lipinski definition) is 5. The number of Topliss-reactive ketones (excluding diaryl/α,β-unsaturated/α-hetero) is 1. The molecule has 1 fully saturated rings. The van der Waals surface area contributed by atoms with Gasteiger partial charge in [-0.1, -0.05) is 13.0 Å². The lowest BCUT2D eigenvalue weighted by Crippen LogP contribution is -2.46. The molecule has 29 heavy (non-hydrogen) atoms. The zero-order valence-electron chi connectivity index (χ0n) is 16.5. The summed E-state index contributed by atoms with van der Waals surface area (Å²) in [6, 6.07) is 8.54. The summed E-state index contributed by atoms with van der Waals surface area (Å²) < 4.78 is 13.6. The molecule has 6 heteroatoms. The third-order valence-corrected chi connectivity index (χ3v) is 5.66. The standard InChI is InChI=1S/C23H23FN4O/c1-2-17-10-21-19(11-23(17)29)9-16(14-26-21)15-27-5-7-28(8-6-27)22-12-20(24)4-3-18(22)13-25/h3-4,9-10,12,14H,2,5-8,11,15H2,1H3. The van der Waals surface area contributed by atoms with E-state index in [0.717, 1.165) is 61.5 Å².